The maximum absolute atomic E-state index is 12.5. The van der Waals surface area contributed by atoms with E-state index in [4.69, 9.17) is 4.74 Å². The summed E-state index contributed by atoms with van der Waals surface area (Å²) in [6, 6.07) is 17.8. The molecule has 1 fully saturated rings. The SMILES string of the molecule is CN1CCN(C(=O)c2ccc(OCCc3ccccc3)cc2)CC1. The van der Waals surface area contributed by atoms with Crippen molar-refractivity contribution in [2.45, 2.75) is 6.42 Å². The van der Waals surface area contributed by atoms with Crippen LogP contribution >= 0.6 is 0 Å². The molecular weight excluding hydrogens is 300 g/mol. The largest absolute Gasteiger partial charge is 0.493 e. The molecule has 4 heteroatoms. The van der Waals surface area contributed by atoms with Crippen LogP contribution in [0.4, 0.5) is 0 Å². The van der Waals surface area contributed by atoms with Gasteiger partial charge in [0.2, 0.25) is 0 Å². The van der Waals surface area contributed by atoms with Crippen LogP contribution in [0.1, 0.15) is 15.9 Å². The molecule has 0 atom stereocenters. The van der Waals surface area contributed by atoms with Gasteiger partial charge in [-0.2, -0.15) is 0 Å². The van der Waals surface area contributed by atoms with Crippen molar-refractivity contribution in [3.05, 3.63) is 65.7 Å². The molecule has 0 aromatic heterocycles. The van der Waals surface area contributed by atoms with E-state index in [0.29, 0.717) is 6.61 Å². The van der Waals surface area contributed by atoms with Crippen LogP contribution in [-0.2, 0) is 6.42 Å². The zero-order valence-electron chi connectivity index (χ0n) is 14.1. The van der Waals surface area contributed by atoms with Gasteiger partial charge in [-0.05, 0) is 36.9 Å². The van der Waals surface area contributed by atoms with Crippen molar-refractivity contribution < 1.29 is 9.53 Å². The molecule has 0 aliphatic carbocycles. The Morgan fingerprint density at radius 2 is 1.62 bits per heavy atom. The normalized spacial score (nSPS) is 15.3. The van der Waals surface area contributed by atoms with Crippen molar-refractivity contribution in [1.29, 1.82) is 0 Å². The third kappa shape index (κ3) is 4.36. The summed E-state index contributed by atoms with van der Waals surface area (Å²) in [5.74, 6) is 0.916. The Morgan fingerprint density at radius 3 is 2.29 bits per heavy atom. The molecule has 126 valence electrons. The van der Waals surface area contributed by atoms with Gasteiger partial charge >= 0.3 is 0 Å². The summed E-state index contributed by atoms with van der Waals surface area (Å²) in [6.45, 7) is 4.10. The average molecular weight is 324 g/mol. The Hall–Kier alpha value is -2.33. The number of likely N-dealkylation sites (N-methyl/N-ethyl adjacent to an activating group) is 1. The molecule has 1 heterocycles. The molecule has 1 saturated heterocycles. The highest BCUT2D eigenvalue weighted by Gasteiger charge is 2.20. The molecule has 0 saturated carbocycles. The van der Waals surface area contributed by atoms with Crippen LogP contribution in [0.3, 0.4) is 0 Å². The molecule has 0 N–H and O–H groups in total. The minimum atomic E-state index is 0.110. The summed E-state index contributed by atoms with van der Waals surface area (Å²) >= 11 is 0. The maximum atomic E-state index is 12.5. The van der Waals surface area contributed by atoms with Gasteiger partial charge in [0, 0.05) is 38.2 Å². The number of hydrogen-bond acceptors (Lipinski definition) is 3. The Morgan fingerprint density at radius 1 is 0.958 bits per heavy atom. The van der Waals surface area contributed by atoms with Crippen LogP contribution in [0, 0.1) is 0 Å². The number of hydrogen-bond donors (Lipinski definition) is 0. The molecule has 0 spiro atoms. The Kier molecular flexibility index (Phi) is 5.49. The third-order valence-corrected chi connectivity index (χ3v) is 4.39. The Balaban J connectivity index is 1.50. The first-order valence-corrected chi connectivity index (χ1v) is 8.47. The highest BCUT2D eigenvalue weighted by Crippen LogP contribution is 2.15. The van der Waals surface area contributed by atoms with E-state index in [1.54, 1.807) is 0 Å². The van der Waals surface area contributed by atoms with E-state index in [2.05, 4.69) is 24.1 Å². The van der Waals surface area contributed by atoms with Gasteiger partial charge in [0.25, 0.3) is 5.91 Å². The van der Waals surface area contributed by atoms with Gasteiger partial charge < -0.3 is 14.5 Å². The zero-order valence-corrected chi connectivity index (χ0v) is 14.1. The Bertz CT molecular complexity index is 647. The van der Waals surface area contributed by atoms with Gasteiger partial charge in [0.1, 0.15) is 5.75 Å². The van der Waals surface area contributed by atoms with E-state index < -0.39 is 0 Å². The first-order chi connectivity index (χ1) is 11.7. The van der Waals surface area contributed by atoms with Crippen LogP contribution in [0.2, 0.25) is 0 Å². The molecule has 0 bridgehead atoms. The van der Waals surface area contributed by atoms with Gasteiger partial charge in [-0.1, -0.05) is 30.3 Å². The van der Waals surface area contributed by atoms with Crippen molar-refractivity contribution >= 4 is 5.91 Å². The van der Waals surface area contributed by atoms with Crippen molar-refractivity contribution in [3.8, 4) is 5.75 Å². The van der Waals surface area contributed by atoms with E-state index in [1.165, 1.54) is 5.56 Å². The fourth-order valence-electron chi connectivity index (χ4n) is 2.82. The molecule has 24 heavy (non-hydrogen) atoms. The minimum Gasteiger partial charge on any atom is -0.493 e. The molecule has 0 radical (unpaired) electrons. The lowest BCUT2D eigenvalue weighted by Gasteiger charge is -2.32. The molecule has 2 aromatic rings. The molecule has 4 nitrogen and oxygen atoms in total. The summed E-state index contributed by atoms with van der Waals surface area (Å²) in [7, 11) is 2.09. The number of rotatable bonds is 5. The molecule has 1 amide bonds. The second kappa shape index (κ2) is 7.97. The molecule has 1 aliphatic heterocycles. The fourth-order valence-corrected chi connectivity index (χ4v) is 2.82. The second-order valence-electron chi connectivity index (χ2n) is 6.20. The number of amides is 1. The first kappa shape index (κ1) is 16.5. The number of carbonyl (C=O) groups excluding carboxylic acids is 1. The van der Waals surface area contributed by atoms with Crippen molar-refractivity contribution in [1.82, 2.24) is 9.80 Å². The van der Waals surface area contributed by atoms with Crippen molar-refractivity contribution in [2.24, 2.45) is 0 Å². The van der Waals surface area contributed by atoms with Gasteiger partial charge in [-0.15, -0.1) is 0 Å². The van der Waals surface area contributed by atoms with E-state index in [-0.39, 0.29) is 5.91 Å². The van der Waals surface area contributed by atoms with Crippen molar-refractivity contribution in [2.75, 3.05) is 39.8 Å². The summed E-state index contributed by atoms with van der Waals surface area (Å²) in [5.41, 5.74) is 1.99. The highest BCUT2D eigenvalue weighted by atomic mass is 16.5. The van der Waals surface area contributed by atoms with Gasteiger partial charge in [0.15, 0.2) is 0 Å². The lowest BCUT2D eigenvalue weighted by molar-refractivity contribution is 0.0664. The topological polar surface area (TPSA) is 32.8 Å². The van der Waals surface area contributed by atoms with Crippen LogP contribution in [0.25, 0.3) is 0 Å². The number of nitrogens with zero attached hydrogens (tertiary/aromatic N) is 2. The molecule has 0 unspecified atom stereocenters. The molecule has 2 aromatic carbocycles. The summed E-state index contributed by atoms with van der Waals surface area (Å²) in [6.07, 6.45) is 0.878. The standard InChI is InChI=1S/C20H24N2O2/c1-21-12-14-22(15-13-21)20(23)18-7-9-19(10-8-18)24-16-11-17-5-3-2-4-6-17/h2-10H,11-16H2,1H3. The van der Waals surface area contributed by atoms with Crippen LogP contribution in [-0.4, -0.2) is 55.5 Å². The molecule has 3 rings (SSSR count). The van der Waals surface area contributed by atoms with Gasteiger partial charge in [0.05, 0.1) is 6.61 Å². The average Bonchev–Trinajstić information content (AvgIpc) is 2.63. The zero-order chi connectivity index (χ0) is 16.8. The number of benzene rings is 2. The van der Waals surface area contributed by atoms with E-state index >= 15 is 0 Å². The third-order valence-electron chi connectivity index (χ3n) is 4.39. The minimum absolute atomic E-state index is 0.110. The fraction of sp³-hybridized carbons (Fsp3) is 0.350. The predicted molar refractivity (Wildman–Crippen MR) is 95.5 cm³/mol. The Labute approximate surface area is 143 Å². The van der Waals surface area contributed by atoms with E-state index in [9.17, 15) is 4.79 Å². The van der Waals surface area contributed by atoms with E-state index in [0.717, 1.165) is 43.9 Å². The number of ether oxygens (including phenoxy) is 1. The summed E-state index contributed by atoms with van der Waals surface area (Å²) in [4.78, 5) is 16.6. The molecular formula is C20H24N2O2. The lowest BCUT2D eigenvalue weighted by atomic mass is 10.1. The number of carbonyl (C=O) groups is 1. The highest BCUT2D eigenvalue weighted by molar-refractivity contribution is 5.94. The van der Waals surface area contributed by atoms with Crippen LogP contribution in [0.5, 0.6) is 5.75 Å². The van der Waals surface area contributed by atoms with Gasteiger partial charge in [-0.25, -0.2) is 0 Å². The quantitative estimate of drug-likeness (QED) is 0.848. The summed E-state index contributed by atoms with van der Waals surface area (Å²) < 4.78 is 5.77. The first-order valence-electron chi connectivity index (χ1n) is 8.47. The second-order valence-corrected chi connectivity index (χ2v) is 6.20. The van der Waals surface area contributed by atoms with Gasteiger partial charge in [-0.3, -0.25) is 4.79 Å². The maximum Gasteiger partial charge on any atom is 0.253 e. The van der Waals surface area contributed by atoms with Crippen LogP contribution < -0.4 is 4.74 Å². The van der Waals surface area contributed by atoms with Crippen LogP contribution in [0.15, 0.2) is 54.6 Å². The number of piperazine rings is 1. The van der Waals surface area contributed by atoms with E-state index in [1.807, 2.05) is 47.4 Å². The summed E-state index contributed by atoms with van der Waals surface area (Å²) in [5, 5.41) is 0. The lowest BCUT2D eigenvalue weighted by Crippen LogP contribution is -2.47. The molecule has 1 aliphatic rings. The monoisotopic (exact) mass is 324 g/mol. The van der Waals surface area contributed by atoms with Crippen molar-refractivity contribution in [3.63, 3.8) is 0 Å². The smallest absolute Gasteiger partial charge is 0.253 e. The predicted octanol–water partition coefficient (Wildman–Crippen LogP) is 2.70.